The second-order valence-corrected chi connectivity index (χ2v) is 4.65. The summed E-state index contributed by atoms with van der Waals surface area (Å²) in [4.78, 5) is 10.6. The third-order valence-electron chi connectivity index (χ3n) is 2.59. The standard InChI is InChI=1S/C13H11BrO2/c14-13-10(7-8-12(15)16)6-5-9-3-1-2-4-11(9)13/h1-8,10,13H,(H,15,16). The van der Waals surface area contributed by atoms with Crippen LogP contribution < -0.4 is 0 Å². The molecule has 0 spiro atoms. The van der Waals surface area contributed by atoms with Crippen molar-refractivity contribution in [2.75, 3.05) is 0 Å². The van der Waals surface area contributed by atoms with Gasteiger partial charge in [0.05, 0.1) is 0 Å². The Kier molecular flexibility index (Phi) is 3.25. The molecule has 0 amide bonds. The van der Waals surface area contributed by atoms with Gasteiger partial charge in [-0.15, -0.1) is 0 Å². The SMILES string of the molecule is O=C(O)C=CC1C=Cc2ccccc2C1Br. The van der Waals surface area contributed by atoms with Gasteiger partial charge >= 0.3 is 5.97 Å². The van der Waals surface area contributed by atoms with Crippen LogP contribution in [0.5, 0.6) is 0 Å². The third-order valence-corrected chi connectivity index (χ3v) is 3.69. The summed E-state index contributed by atoms with van der Waals surface area (Å²) in [6.45, 7) is 0. The van der Waals surface area contributed by atoms with Gasteiger partial charge in [0.2, 0.25) is 0 Å². The molecule has 0 radical (unpaired) electrons. The number of hydrogen-bond acceptors (Lipinski definition) is 1. The van der Waals surface area contributed by atoms with Gasteiger partial charge in [-0.05, 0) is 11.1 Å². The van der Waals surface area contributed by atoms with Crippen molar-refractivity contribution in [2.45, 2.75) is 4.83 Å². The summed E-state index contributed by atoms with van der Waals surface area (Å²) in [6, 6.07) is 8.09. The number of rotatable bonds is 2. The minimum absolute atomic E-state index is 0.0889. The molecule has 2 atom stereocenters. The Morgan fingerprint density at radius 1 is 1.38 bits per heavy atom. The van der Waals surface area contributed by atoms with Crippen LogP contribution in [0, 0.1) is 5.92 Å². The van der Waals surface area contributed by atoms with Crippen molar-refractivity contribution < 1.29 is 9.90 Å². The van der Waals surface area contributed by atoms with Gasteiger partial charge in [0.1, 0.15) is 0 Å². The van der Waals surface area contributed by atoms with E-state index in [1.165, 1.54) is 17.2 Å². The molecule has 82 valence electrons. The molecule has 0 saturated carbocycles. The van der Waals surface area contributed by atoms with Crippen molar-refractivity contribution in [3.63, 3.8) is 0 Å². The number of halogens is 1. The summed E-state index contributed by atoms with van der Waals surface area (Å²) in [5, 5.41) is 8.60. The molecule has 1 aliphatic carbocycles. The number of benzene rings is 1. The molecular formula is C13H11BrO2. The second-order valence-electron chi connectivity index (χ2n) is 3.66. The highest BCUT2D eigenvalue weighted by Crippen LogP contribution is 2.39. The maximum Gasteiger partial charge on any atom is 0.327 e. The zero-order valence-corrected chi connectivity index (χ0v) is 10.1. The molecular weight excluding hydrogens is 268 g/mol. The normalized spacial score (nSPS) is 23.3. The lowest BCUT2D eigenvalue weighted by molar-refractivity contribution is -0.131. The summed E-state index contributed by atoms with van der Waals surface area (Å²) in [5.74, 6) is -0.821. The number of carboxylic acid groups (broad SMARTS) is 1. The van der Waals surface area contributed by atoms with Gasteiger partial charge in [0.25, 0.3) is 0 Å². The fourth-order valence-corrected chi connectivity index (χ4v) is 2.56. The summed E-state index contributed by atoms with van der Waals surface area (Å²) >= 11 is 3.61. The van der Waals surface area contributed by atoms with E-state index in [4.69, 9.17) is 5.11 Å². The molecule has 0 heterocycles. The zero-order valence-electron chi connectivity index (χ0n) is 8.51. The van der Waals surface area contributed by atoms with Crippen LogP contribution in [-0.2, 0) is 4.79 Å². The van der Waals surface area contributed by atoms with Crippen LogP contribution in [0.1, 0.15) is 16.0 Å². The number of hydrogen-bond donors (Lipinski definition) is 1. The first-order valence-electron chi connectivity index (χ1n) is 5.01. The average Bonchev–Trinajstić information content (AvgIpc) is 2.28. The molecule has 0 fully saturated rings. The van der Waals surface area contributed by atoms with Crippen LogP contribution >= 0.6 is 15.9 Å². The van der Waals surface area contributed by atoms with E-state index in [1.54, 1.807) is 6.08 Å². The molecule has 2 rings (SSSR count). The van der Waals surface area contributed by atoms with E-state index in [1.807, 2.05) is 24.3 Å². The fraction of sp³-hybridized carbons (Fsp3) is 0.154. The topological polar surface area (TPSA) is 37.3 Å². The molecule has 0 bridgehead atoms. The van der Waals surface area contributed by atoms with E-state index >= 15 is 0 Å². The van der Waals surface area contributed by atoms with E-state index in [9.17, 15) is 4.79 Å². The van der Waals surface area contributed by atoms with Crippen molar-refractivity contribution in [3.8, 4) is 0 Å². The van der Waals surface area contributed by atoms with Crippen molar-refractivity contribution >= 4 is 28.0 Å². The van der Waals surface area contributed by atoms with Crippen LogP contribution in [0.3, 0.4) is 0 Å². The summed E-state index contributed by atoms with van der Waals surface area (Å²) in [5.41, 5.74) is 2.38. The smallest absolute Gasteiger partial charge is 0.327 e. The minimum atomic E-state index is -0.910. The Morgan fingerprint density at radius 3 is 2.88 bits per heavy atom. The number of carboxylic acids is 1. The predicted molar refractivity (Wildman–Crippen MR) is 67.4 cm³/mol. The molecule has 1 N–H and O–H groups in total. The molecule has 0 aromatic heterocycles. The Labute approximate surface area is 102 Å². The quantitative estimate of drug-likeness (QED) is 0.665. The molecule has 2 unspecified atom stereocenters. The van der Waals surface area contributed by atoms with Crippen molar-refractivity contribution in [1.82, 2.24) is 0 Å². The van der Waals surface area contributed by atoms with E-state index in [0.717, 1.165) is 0 Å². The molecule has 2 nitrogen and oxygen atoms in total. The van der Waals surface area contributed by atoms with Crippen molar-refractivity contribution in [3.05, 3.63) is 53.6 Å². The summed E-state index contributed by atoms with van der Waals surface area (Å²) in [6.07, 6.45) is 6.94. The summed E-state index contributed by atoms with van der Waals surface area (Å²) in [7, 11) is 0. The average molecular weight is 279 g/mol. The van der Waals surface area contributed by atoms with Crippen LogP contribution in [0.15, 0.2) is 42.5 Å². The van der Waals surface area contributed by atoms with E-state index in [2.05, 4.69) is 28.1 Å². The molecule has 3 heteroatoms. The molecule has 1 aromatic carbocycles. The number of fused-ring (bicyclic) bond motifs is 1. The van der Waals surface area contributed by atoms with E-state index in [-0.39, 0.29) is 10.7 Å². The first-order valence-corrected chi connectivity index (χ1v) is 5.92. The Morgan fingerprint density at radius 2 is 2.12 bits per heavy atom. The fourth-order valence-electron chi connectivity index (χ4n) is 1.79. The molecule has 0 aliphatic heterocycles. The number of carbonyl (C=O) groups is 1. The van der Waals surface area contributed by atoms with Crippen LogP contribution in [0.25, 0.3) is 6.08 Å². The summed E-state index contributed by atoms with van der Waals surface area (Å²) < 4.78 is 0. The number of alkyl halides is 1. The molecule has 1 aromatic rings. The maximum absolute atomic E-state index is 10.5. The van der Waals surface area contributed by atoms with Gasteiger partial charge in [-0.1, -0.05) is 58.4 Å². The monoisotopic (exact) mass is 278 g/mol. The van der Waals surface area contributed by atoms with Crippen molar-refractivity contribution in [2.24, 2.45) is 5.92 Å². The van der Waals surface area contributed by atoms with Gasteiger partial charge in [0, 0.05) is 16.8 Å². The van der Waals surface area contributed by atoms with Gasteiger partial charge in [0.15, 0.2) is 0 Å². The zero-order chi connectivity index (χ0) is 11.5. The lowest BCUT2D eigenvalue weighted by Gasteiger charge is -2.22. The van der Waals surface area contributed by atoms with E-state index < -0.39 is 5.97 Å². The molecule has 16 heavy (non-hydrogen) atoms. The lowest BCUT2D eigenvalue weighted by atomic mass is 9.89. The van der Waals surface area contributed by atoms with E-state index in [0.29, 0.717) is 0 Å². The second kappa shape index (κ2) is 4.66. The maximum atomic E-state index is 10.5. The molecule has 0 saturated heterocycles. The van der Waals surface area contributed by atoms with Gasteiger partial charge in [-0.3, -0.25) is 0 Å². The van der Waals surface area contributed by atoms with Crippen LogP contribution in [-0.4, -0.2) is 11.1 Å². The van der Waals surface area contributed by atoms with Gasteiger partial charge < -0.3 is 5.11 Å². The lowest BCUT2D eigenvalue weighted by Crippen LogP contribution is -2.08. The highest BCUT2D eigenvalue weighted by molar-refractivity contribution is 9.09. The van der Waals surface area contributed by atoms with Gasteiger partial charge in [-0.2, -0.15) is 0 Å². The largest absolute Gasteiger partial charge is 0.478 e. The van der Waals surface area contributed by atoms with Crippen molar-refractivity contribution in [1.29, 1.82) is 0 Å². The highest BCUT2D eigenvalue weighted by atomic mass is 79.9. The van der Waals surface area contributed by atoms with Crippen LogP contribution in [0.4, 0.5) is 0 Å². The number of allylic oxidation sites excluding steroid dienone is 2. The predicted octanol–water partition coefficient (Wildman–Crippen LogP) is 3.41. The Bertz CT molecular complexity index is 463. The first kappa shape index (κ1) is 11.1. The van der Waals surface area contributed by atoms with Crippen LogP contribution in [0.2, 0.25) is 0 Å². The first-order chi connectivity index (χ1) is 7.68. The Balaban J connectivity index is 2.27. The van der Waals surface area contributed by atoms with Gasteiger partial charge in [-0.25, -0.2) is 4.79 Å². The Hall–Kier alpha value is -1.35. The third kappa shape index (κ3) is 2.25. The highest BCUT2D eigenvalue weighted by Gasteiger charge is 2.21. The molecule has 1 aliphatic rings. The number of aliphatic carboxylic acids is 1. The minimum Gasteiger partial charge on any atom is -0.478 e.